The molecule has 2 aromatic carbocycles. The van der Waals surface area contributed by atoms with E-state index in [9.17, 15) is 9.90 Å². The Balaban J connectivity index is 2.12. The zero-order valence-corrected chi connectivity index (χ0v) is 15.3. The summed E-state index contributed by atoms with van der Waals surface area (Å²) in [4.78, 5) is 12.3. The molecule has 1 amide bonds. The first-order valence-electron chi connectivity index (χ1n) is 7.50. The lowest BCUT2D eigenvalue weighted by molar-refractivity contribution is 0.0977. The predicted octanol–water partition coefficient (Wildman–Crippen LogP) is 3.15. The van der Waals surface area contributed by atoms with Crippen molar-refractivity contribution in [2.24, 2.45) is 0 Å². The fourth-order valence-corrected chi connectivity index (χ4v) is 2.56. The van der Waals surface area contributed by atoms with Crippen LogP contribution in [0.5, 0.6) is 17.2 Å². The number of anilines is 1. The number of carbonyl (C=O) groups is 1. The minimum absolute atomic E-state index is 0.0834. The smallest absolute Gasteiger partial charge is 0.257 e. The van der Waals surface area contributed by atoms with Gasteiger partial charge in [-0.3, -0.25) is 10.1 Å². The summed E-state index contributed by atoms with van der Waals surface area (Å²) in [5, 5.41) is 15.6. The van der Waals surface area contributed by atoms with E-state index in [1.165, 1.54) is 14.2 Å². The van der Waals surface area contributed by atoms with E-state index < -0.39 is 5.91 Å². The van der Waals surface area contributed by atoms with Gasteiger partial charge in [-0.05, 0) is 61.5 Å². The Morgan fingerprint density at radius 2 is 1.76 bits per heavy atom. The standard InChI is InChI=1S/C18H20N2O4S/c1-10-7-11(2)16(21)13(8-10)19-18(25)20-17(22)12-5-6-14(23-3)15(9-12)24-4/h5-9,21H,1-4H3,(H2,19,20,22,25). The topological polar surface area (TPSA) is 79.8 Å². The first kappa shape index (κ1) is 18.5. The van der Waals surface area contributed by atoms with Gasteiger partial charge in [-0.25, -0.2) is 0 Å². The summed E-state index contributed by atoms with van der Waals surface area (Å²) in [7, 11) is 3.02. The second-order valence-electron chi connectivity index (χ2n) is 5.46. The van der Waals surface area contributed by atoms with Gasteiger partial charge in [-0.15, -0.1) is 0 Å². The molecule has 0 aliphatic rings. The number of hydrogen-bond acceptors (Lipinski definition) is 5. The second-order valence-corrected chi connectivity index (χ2v) is 5.86. The van der Waals surface area contributed by atoms with Gasteiger partial charge in [0.15, 0.2) is 16.6 Å². The Labute approximate surface area is 151 Å². The lowest BCUT2D eigenvalue weighted by Gasteiger charge is -2.14. The average molecular weight is 360 g/mol. The van der Waals surface area contributed by atoms with Crippen LogP contribution >= 0.6 is 12.2 Å². The fourth-order valence-electron chi connectivity index (χ4n) is 2.36. The maximum absolute atomic E-state index is 12.3. The SMILES string of the molecule is COc1ccc(C(=O)NC(=S)Nc2cc(C)cc(C)c2O)cc1OC. The van der Waals surface area contributed by atoms with Crippen LogP contribution in [-0.4, -0.2) is 30.3 Å². The maximum Gasteiger partial charge on any atom is 0.257 e. The molecular formula is C18H20N2O4S. The van der Waals surface area contributed by atoms with Gasteiger partial charge in [0.1, 0.15) is 5.75 Å². The highest BCUT2D eigenvalue weighted by Gasteiger charge is 2.13. The van der Waals surface area contributed by atoms with E-state index in [2.05, 4.69) is 10.6 Å². The van der Waals surface area contributed by atoms with E-state index in [0.29, 0.717) is 22.7 Å². The molecule has 0 aliphatic heterocycles. The number of amides is 1. The molecule has 6 nitrogen and oxygen atoms in total. The van der Waals surface area contributed by atoms with E-state index in [0.717, 1.165) is 11.1 Å². The van der Waals surface area contributed by atoms with Crippen LogP contribution in [0.15, 0.2) is 30.3 Å². The monoisotopic (exact) mass is 360 g/mol. The van der Waals surface area contributed by atoms with E-state index in [-0.39, 0.29) is 10.9 Å². The van der Waals surface area contributed by atoms with Crippen molar-refractivity contribution in [1.82, 2.24) is 5.32 Å². The number of phenols is 1. The number of methoxy groups -OCH3 is 2. The highest BCUT2D eigenvalue weighted by Crippen LogP contribution is 2.29. The van der Waals surface area contributed by atoms with Crippen molar-refractivity contribution < 1.29 is 19.4 Å². The third-order valence-corrected chi connectivity index (χ3v) is 3.77. The average Bonchev–Trinajstić information content (AvgIpc) is 2.58. The number of carbonyl (C=O) groups excluding carboxylic acids is 1. The molecule has 0 aliphatic carbocycles. The molecule has 0 saturated carbocycles. The number of thiocarbonyl (C=S) groups is 1. The van der Waals surface area contributed by atoms with Crippen LogP contribution in [0.3, 0.4) is 0 Å². The maximum atomic E-state index is 12.3. The molecule has 0 saturated heterocycles. The van der Waals surface area contributed by atoms with E-state index in [1.807, 2.05) is 13.0 Å². The summed E-state index contributed by atoms with van der Waals surface area (Å²) in [6.45, 7) is 3.70. The van der Waals surface area contributed by atoms with Crippen molar-refractivity contribution in [3.05, 3.63) is 47.0 Å². The number of nitrogens with one attached hydrogen (secondary N) is 2. The van der Waals surface area contributed by atoms with Gasteiger partial charge in [0, 0.05) is 5.56 Å². The zero-order valence-electron chi connectivity index (χ0n) is 14.5. The minimum Gasteiger partial charge on any atom is -0.505 e. The Bertz CT molecular complexity index is 821. The molecule has 3 N–H and O–H groups in total. The van der Waals surface area contributed by atoms with Crippen molar-refractivity contribution in [3.8, 4) is 17.2 Å². The van der Waals surface area contributed by atoms with Crippen LogP contribution < -0.4 is 20.1 Å². The fraction of sp³-hybridized carbons (Fsp3) is 0.222. The highest BCUT2D eigenvalue weighted by molar-refractivity contribution is 7.80. The first-order chi connectivity index (χ1) is 11.8. The van der Waals surface area contributed by atoms with Gasteiger partial charge in [0.25, 0.3) is 5.91 Å². The number of benzene rings is 2. The number of phenolic OH excluding ortho intramolecular Hbond substituents is 1. The van der Waals surface area contributed by atoms with E-state index >= 15 is 0 Å². The summed E-state index contributed by atoms with van der Waals surface area (Å²) in [6.07, 6.45) is 0. The highest BCUT2D eigenvalue weighted by atomic mass is 32.1. The third-order valence-electron chi connectivity index (χ3n) is 3.57. The van der Waals surface area contributed by atoms with Crippen LogP contribution in [0.2, 0.25) is 0 Å². The zero-order chi connectivity index (χ0) is 18.6. The summed E-state index contributed by atoms with van der Waals surface area (Å²) in [6, 6.07) is 8.40. The van der Waals surface area contributed by atoms with Gasteiger partial charge in [-0.2, -0.15) is 0 Å². The number of rotatable bonds is 4. The lowest BCUT2D eigenvalue weighted by Crippen LogP contribution is -2.34. The predicted molar refractivity (Wildman–Crippen MR) is 101 cm³/mol. The van der Waals surface area contributed by atoms with E-state index in [4.69, 9.17) is 21.7 Å². The third kappa shape index (κ3) is 4.39. The molecule has 0 unspecified atom stereocenters. The lowest BCUT2D eigenvalue weighted by atomic mass is 10.1. The van der Waals surface area contributed by atoms with Crippen molar-refractivity contribution >= 4 is 28.9 Å². The molecule has 0 aromatic heterocycles. The Kier molecular flexibility index (Phi) is 5.82. The van der Waals surface area contributed by atoms with Crippen LogP contribution in [0.25, 0.3) is 0 Å². The van der Waals surface area contributed by atoms with Gasteiger partial charge in [-0.1, -0.05) is 6.07 Å². The number of hydrogen-bond donors (Lipinski definition) is 3. The Morgan fingerprint density at radius 1 is 1.08 bits per heavy atom. The van der Waals surface area contributed by atoms with E-state index in [1.54, 1.807) is 31.2 Å². The largest absolute Gasteiger partial charge is 0.505 e. The van der Waals surface area contributed by atoms with Gasteiger partial charge >= 0.3 is 0 Å². The minimum atomic E-state index is -0.401. The molecule has 7 heteroatoms. The van der Waals surface area contributed by atoms with Crippen LogP contribution in [0, 0.1) is 13.8 Å². The molecule has 0 fully saturated rings. The molecule has 0 heterocycles. The molecule has 25 heavy (non-hydrogen) atoms. The van der Waals surface area contributed by atoms with Gasteiger partial charge < -0.3 is 19.9 Å². The molecule has 2 aromatic rings. The van der Waals surface area contributed by atoms with Gasteiger partial charge in [0.05, 0.1) is 19.9 Å². The molecule has 0 radical (unpaired) electrons. The summed E-state index contributed by atoms with van der Waals surface area (Å²) in [5.41, 5.74) is 2.49. The van der Waals surface area contributed by atoms with Crippen molar-refractivity contribution in [2.45, 2.75) is 13.8 Å². The van der Waals surface area contributed by atoms with Crippen molar-refractivity contribution in [1.29, 1.82) is 0 Å². The summed E-state index contributed by atoms with van der Waals surface area (Å²) >= 11 is 5.16. The molecule has 2 rings (SSSR count). The molecular weight excluding hydrogens is 340 g/mol. The number of aryl methyl sites for hydroxylation is 2. The van der Waals surface area contributed by atoms with Crippen molar-refractivity contribution in [2.75, 3.05) is 19.5 Å². The molecule has 132 valence electrons. The van der Waals surface area contributed by atoms with Gasteiger partial charge in [0.2, 0.25) is 0 Å². The molecule has 0 spiro atoms. The number of ether oxygens (including phenoxy) is 2. The van der Waals surface area contributed by atoms with Crippen LogP contribution in [0.1, 0.15) is 21.5 Å². The first-order valence-corrected chi connectivity index (χ1v) is 7.91. The molecule has 0 bridgehead atoms. The van der Waals surface area contributed by atoms with Crippen molar-refractivity contribution in [3.63, 3.8) is 0 Å². The molecule has 0 atom stereocenters. The quantitative estimate of drug-likeness (QED) is 0.574. The summed E-state index contributed by atoms with van der Waals surface area (Å²) in [5.74, 6) is 0.663. The normalized spacial score (nSPS) is 10.1. The van der Waals surface area contributed by atoms with Crippen LogP contribution in [0.4, 0.5) is 5.69 Å². The van der Waals surface area contributed by atoms with Crippen LogP contribution in [-0.2, 0) is 0 Å². The number of aromatic hydroxyl groups is 1. The Hall–Kier alpha value is -2.80. The summed E-state index contributed by atoms with van der Waals surface area (Å²) < 4.78 is 10.3. The second kappa shape index (κ2) is 7.85. The Morgan fingerprint density at radius 3 is 2.40 bits per heavy atom.